The van der Waals surface area contributed by atoms with Gasteiger partial charge in [-0.1, -0.05) is 31.5 Å². The lowest BCUT2D eigenvalue weighted by Gasteiger charge is -2.42. The number of aliphatic carboxylic acids is 2. The van der Waals surface area contributed by atoms with E-state index in [1.165, 1.54) is 0 Å². The Morgan fingerprint density at radius 3 is 2.58 bits per heavy atom. The van der Waals surface area contributed by atoms with Crippen molar-refractivity contribution in [2.75, 3.05) is 19.6 Å². The second kappa shape index (κ2) is 8.59. The van der Waals surface area contributed by atoms with E-state index < -0.39 is 17.5 Å². The van der Waals surface area contributed by atoms with E-state index in [2.05, 4.69) is 11.8 Å². The predicted octanol–water partition coefficient (Wildman–Crippen LogP) is 3.57. The molecule has 7 heteroatoms. The van der Waals surface area contributed by atoms with Gasteiger partial charge in [0.05, 0.1) is 17.8 Å². The van der Waals surface area contributed by atoms with Crippen LogP contribution in [0.25, 0.3) is 5.57 Å². The topological polar surface area (TPSA) is 92.0 Å². The molecular weight excluding hydrogens is 396 g/mol. The smallest absolute Gasteiger partial charge is 0.336 e. The third-order valence-electron chi connectivity index (χ3n) is 6.29. The van der Waals surface area contributed by atoms with Crippen LogP contribution in [0.15, 0.2) is 42.6 Å². The number of nitrogens with zero attached hydrogens (tertiary/aromatic N) is 2. The summed E-state index contributed by atoms with van der Waals surface area (Å²) in [5.74, 6) is -1.73. The Labute approximate surface area is 181 Å². The number of hydrogen-bond acceptors (Lipinski definition) is 4. The van der Waals surface area contributed by atoms with E-state index in [0.29, 0.717) is 24.9 Å². The number of ether oxygens (including phenoxy) is 1. The summed E-state index contributed by atoms with van der Waals surface area (Å²) in [6.07, 6.45) is 6.33. The minimum atomic E-state index is -1.28. The number of likely N-dealkylation sites (tertiary alicyclic amines) is 1. The van der Waals surface area contributed by atoms with Crippen molar-refractivity contribution in [3.8, 4) is 5.75 Å². The van der Waals surface area contributed by atoms with E-state index in [4.69, 9.17) is 4.74 Å². The standard InChI is InChI=1S/C24H28N2O5/c1-2-3-11-25-13-9-24(10-14-25)22-18(19(23(29)30)15-21(27)28)8-12-26(22)16-17-6-4-5-7-20(17)31-24/h4-8,12,15H,2-3,9-11,13-14,16H2,1H3,(H,27,28)(H,29,30). The lowest BCUT2D eigenvalue weighted by molar-refractivity contribution is -0.133. The fraction of sp³-hybridized carbons (Fsp3) is 0.417. The van der Waals surface area contributed by atoms with Crippen LogP contribution in [-0.2, 0) is 21.7 Å². The number of para-hydroxylation sites is 1. The Morgan fingerprint density at radius 1 is 1.16 bits per heavy atom. The van der Waals surface area contributed by atoms with Crippen molar-refractivity contribution in [2.24, 2.45) is 0 Å². The Hall–Kier alpha value is -3.06. The van der Waals surface area contributed by atoms with E-state index >= 15 is 0 Å². The Bertz CT molecular complexity index is 1010. The van der Waals surface area contributed by atoms with Gasteiger partial charge in [-0.2, -0.15) is 0 Å². The van der Waals surface area contributed by atoms with Crippen LogP contribution in [0.1, 0.15) is 49.4 Å². The first kappa shape index (κ1) is 21.2. The second-order valence-electron chi connectivity index (χ2n) is 8.31. The average molecular weight is 424 g/mol. The van der Waals surface area contributed by atoms with E-state index in [1.807, 2.05) is 35.0 Å². The lowest BCUT2D eigenvalue weighted by atomic mass is 9.84. The van der Waals surface area contributed by atoms with Crippen molar-refractivity contribution >= 4 is 17.5 Å². The Morgan fingerprint density at radius 2 is 1.90 bits per heavy atom. The average Bonchev–Trinajstić information content (AvgIpc) is 3.11. The molecule has 2 aromatic rings. The van der Waals surface area contributed by atoms with Crippen molar-refractivity contribution in [1.82, 2.24) is 9.47 Å². The highest BCUT2D eigenvalue weighted by Gasteiger charge is 2.45. The van der Waals surface area contributed by atoms with Gasteiger partial charge in [-0.05, 0) is 25.1 Å². The molecule has 0 unspecified atom stereocenters. The van der Waals surface area contributed by atoms with Crippen LogP contribution in [0.3, 0.4) is 0 Å². The lowest BCUT2D eigenvalue weighted by Crippen LogP contribution is -2.47. The van der Waals surface area contributed by atoms with Gasteiger partial charge in [-0.25, -0.2) is 9.59 Å². The van der Waals surface area contributed by atoms with Gasteiger partial charge in [-0.3, -0.25) is 0 Å². The van der Waals surface area contributed by atoms with Gasteiger partial charge in [-0.15, -0.1) is 0 Å². The number of fused-ring (bicyclic) bond motifs is 3. The third kappa shape index (κ3) is 4.10. The molecule has 2 aliphatic heterocycles. The summed E-state index contributed by atoms with van der Waals surface area (Å²) in [4.78, 5) is 25.7. The van der Waals surface area contributed by atoms with Gasteiger partial charge < -0.3 is 24.4 Å². The van der Waals surface area contributed by atoms with E-state index in [9.17, 15) is 19.8 Å². The number of hydrogen-bond donors (Lipinski definition) is 2. The van der Waals surface area contributed by atoms with E-state index in [1.54, 1.807) is 6.07 Å². The predicted molar refractivity (Wildman–Crippen MR) is 116 cm³/mol. The zero-order chi connectivity index (χ0) is 22.0. The van der Waals surface area contributed by atoms with Crippen molar-refractivity contribution < 1.29 is 24.5 Å². The number of rotatable bonds is 6. The second-order valence-corrected chi connectivity index (χ2v) is 8.31. The third-order valence-corrected chi connectivity index (χ3v) is 6.29. The van der Waals surface area contributed by atoms with Crippen LogP contribution in [0.2, 0.25) is 0 Å². The molecule has 2 aliphatic rings. The van der Waals surface area contributed by atoms with Gasteiger partial charge in [0.2, 0.25) is 0 Å². The van der Waals surface area contributed by atoms with Gasteiger partial charge in [0.15, 0.2) is 5.60 Å². The molecule has 1 saturated heterocycles. The number of benzene rings is 1. The molecule has 0 bridgehead atoms. The summed E-state index contributed by atoms with van der Waals surface area (Å²) >= 11 is 0. The minimum absolute atomic E-state index is 0.219. The highest BCUT2D eigenvalue weighted by Crippen LogP contribution is 2.45. The molecule has 1 aromatic heterocycles. The largest absolute Gasteiger partial charge is 0.481 e. The molecule has 1 fully saturated rings. The number of piperidine rings is 1. The molecule has 0 radical (unpaired) electrons. The Kier molecular flexibility index (Phi) is 5.87. The van der Waals surface area contributed by atoms with Crippen molar-refractivity contribution in [2.45, 2.75) is 44.8 Å². The zero-order valence-electron chi connectivity index (χ0n) is 17.7. The molecule has 0 amide bonds. The minimum Gasteiger partial charge on any atom is -0.481 e. The van der Waals surface area contributed by atoms with Crippen molar-refractivity contribution in [3.05, 3.63) is 59.4 Å². The zero-order valence-corrected chi connectivity index (χ0v) is 17.7. The molecule has 3 heterocycles. The monoisotopic (exact) mass is 424 g/mol. The maximum atomic E-state index is 12.0. The number of carboxylic acids is 2. The molecule has 0 aliphatic carbocycles. The summed E-state index contributed by atoms with van der Waals surface area (Å²) in [6, 6.07) is 9.58. The summed E-state index contributed by atoms with van der Waals surface area (Å²) in [6.45, 7) is 5.46. The number of unbranched alkanes of at least 4 members (excludes halogenated alkanes) is 1. The van der Waals surface area contributed by atoms with Crippen LogP contribution in [0.4, 0.5) is 0 Å². The van der Waals surface area contributed by atoms with Crippen LogP contribution < -0.4 is 4.74 Å². The molecule has 2 N–H and O–H groups in total. The van der Waals surface area contributed by atoms with Gasteiger partial charge >= 0.3 is 11.9 Å². The maximum Gasteiger partial charge on any atom is 0.336 e. The first-order valence-corrected chi connectivity index (χ1v) is 10.8. The number of aromatic nitrogens is 1. The van der Waals surface area contributed by atoms with Crippen LogP contribution >= 0.6 is 0 Å². The van der Waals surface area contributed by atoms with E-state index in [0.717, 1.165) is 55.6 Å². The summed E-state index contributed by atoms with van der Waals surface area (Å²) < 4.78 is 8.71. The fourth-order valence-corrected chi connectivity index (χ4v) is 4.74. The summed E-state index contributed by atoms with van der Waals surface area (Å²) in [5, 5.41) is 19.0. The van der Waals surface area contributed by atoms with Crippen molar-refractivity contribution in [3.63, 3.8) is 0 Å². The van der Waals surface area contributed by atoms with Crippen LogP contribution in [0, 0.1) is 0 Å². The van der Waals surface area contributed by atoms with Gasteiger partial charge in [0.25, 0.3) is 0 Å². The molecule has 31 heavy (non-hydrogen) atoms. The summed E-state index contributed by atoms with van der Waals surface area (Å²) in [5.41, 5.74) is 1.28. The van der Waals surface area contributed by atoms with Crippen molar-refractivity contribution in [1.29, 1.82) is 0 Å². The highest BCUT2D eigenvalue weighted by atomic mass is 16.5. The van der Waals surface area contributed by atoms with Gasteiger partial charge in [0.1, 0.15) is 5.75 Å². The maximum absolute atomic E-state index is 12.0. The normalized spacial score (nSPS) is 18.0. The van der Waals surface area contributed by atoms with Crippen LogP contribution in [0.5, 0.6) is 5.75 Å². The highest BCUT2D eigenvalue weighted by molar-refractivity contribution is 6.19. The molecule has 0 saturated carbocycles. The van der Waals surface area contributed by atoms with Crippen LogP contribution in [-0.4, -0.2) is 51.3 Å². The molecule has 0 atom stereocenters. The first-order chi connectivity index (χ1) is 14.9. The summed E-state index contributed by atoms with van der Waals surface area (Å²) in [7, 11) is 0. The SMILES string of the molecule is CCCCN1CCC2(CC1)Oc1ccccc1Cn1ccc(C(=CC(=O)O)C(=O)O)c12. The van der Waals surface area contributed by atoms with Gasteiger partial charge in [0, 0.05) is 49.3 Å². The first-order valence-electron chi connectivity index (χ1n) is 10.8. The fourth-order valence-electron chi connectivity index (χ4n) is 4.74. The molecule has 4 rings (SSSR count). The Balaban J connectivity index is 1.81. The molecule has 1 aromatic carbocycles. The quantitative estimate of drug-likeness (QED) is 0.689. The number of carbonyl (C=O) groups is 2. The number of carboxylic acid groups (broad SMARTS) is 2. The van der Waals surface area contributed by atoms with E-state index in [-0.39, 0.29) is 5.57 Å². The molecular formula is C24H28N2O5. The molecule has 7 nitrogen and oxygen atoms in total. The molecule has 1 spiro atoms. The molecule has 164 valence electrons.